The van der Waals surface area contributed by atoms with Crippen LogP contribution in [0.15, 0.2) is 0 Å². The van der Waals surface area contributed by atoms with Gasteiger partial charge in [0, 0.05) is 62.6 Å². The van der Waals surface area contributed by atoms with Gasteiger partial charge in [-0.3, -0.25) is 0 Å². The van der Waals surface area contributed by atoms with Gasteiger partial charge in [-0.1, -0.05) is 0 Å². The van der Waals surface area contributed by atoms with Crippen molar-refractivity contribution in [1.82, 2.24) is 0 Å². The summed E-state index contributed by atoms with van der Waals surface area (Å²) < 4.78 is 12.9. The molecule has 0 aromatic heterocycles. The molecular weight excluding hydrogens is 345 g/mol. The van der Waals surface area contributed by atoms with Gasteiger partial charge in [-0.2, -0.15) is 0 Å². The normalized spacial score (nSPS) is 14.1. The molecule has 0 bridgehead atoms. The molecule has 0 saturated carbocycles. The summed E-state index contributed by atoms with van der Waals surface area (Å²) in [6, 6.07) is 0. The van der Waals surface area contributed by atoms with E-state index in [2.05, 4.69) is 14.2 Å². The summed E-state index contributed by atoms with van der Waals surface area (Å²) in [6.07, 6.45) is -1.85. The first-order valence-electron chi connectivity index (χ1n) is 4.44. The fourth-order valence-electron chi connectivity index (χ4n) is 0. The van der Waals surface area contributed by atoms with Gasteiger partial charge in [-0.15, -0.1) is 0 Å². The van der Waals surface area contributed by atoms with Crippen molar-refractivity contribution in [3.63, 3.8) is 0 Å². The van der Waals surface area contributed by atoms with E-state index in [1.165, 1.54) is 21.3 Å². The standard InChI is InChI=1S/3C3H8O2.Pr/c3*1-3(4)5-2;/h3*3-4H,1-2H3;. The first-order valence-corrected chi connectivity index (χ1v) is 4.44. The second kappa shape index (κ2) is 21.4. The molecule has 0 saturated heterocycles. The zero-order valence-electron chi connectivity index (χ0n) is 10.9. The van der Waals surface area contributed by atoms with Gasteiger partial charge in [-0.25, -0.2) is 0 Å². The Labute approximate surface area is 131 Å². The van der Waals surface area contributed by atoms with E-state index in [1.807, 2.05) is 0 Å². The average molecular weight is 369 g/mol. The van der Waals surface area contributed by atoms with Crippen LogP contribution < -0.4 is 0 Å². The molecule has 3 N–H and O–H groups in total. The molecule has 16 heavy (non-hydrogen) atoms. The van der Waals surface area contributed by atoms with Gasteiger partial charge in [0.2, 0.25) is 0 Å². The Hall–Kier alpha value is 1.12. The molecule has 0 aliphatic rings. The van der Waals surface area contributed by atoms with Crippen molar-refractivity contribution in [2.45, 2.75) is 39.6 Å². The molecule has 7 heteroatoms. The second-order valence-electron chi connectivity index (χ2n) is 2.51. The number of aliphatic hydroxyl groups is 3. The van der Waals surface area contributed by atoms with Crippen molar-refractivity contribution in [3.8, 4) is 0 Å². The smallest absolute Gasteiger partial charge is 0.151 e. The third-order valence-corrected chi connectivity index (χ3v) is 1.02. The largest absolute Gasteiger partial charge is 0.368 e. The molecule has 3 atom stereocenters. The van der Waals surface area contributed by atoms with Crippen LogP contribution in [0.4, 0.5) is 0 Å². The zero-order valence-corrected chi connectivity index (χ0v) is 14.6. The molecule has 99 valence electrons. The van der Waals surface area contributed by atoms with Crippen LogP contribution in [0.5, 0.6) is 0 Å². The number of rotatable bonds is 3. The van der Waals surface area contributed by atoms with Gasteiger partial charge in [0.05, 0.1) is 0 Å². The predicted octanol–water partition coefficient (Wildman–Crippen LogP) is -0.0867. The Morgan fingerprint density at radius 1 is 0.625 bits per heavy atom. The minimum Gasteiger partial charge on any atom is -0.368 e. The molecule has 0 aromatic rings. The van der Waals surface area contributed by atoms with Crippen LogP contribution in [0.2, 0.25) is 0 Å². The first kappa shape index (κ1) is 25.8. The van der Waals surface area contributed by atoms with Crippen LogP contribution in [0.25, 0.3) is 0 Å². The van der Waals surface area contributed by atoms with Gasteiger partial charge in [0.15, 0.2) is 18.9 Å². The van der Waals surface area contributed by atoms with Gasteiger partial charge in [0.25, 0.3) is 0 Å². The maximum Gasteiger partial charge on any atom is 0.151 e. The van der Waals surface area contributed by atoms with Crippen molar-refractivity contribution >= 4 is 0 Å². The van der Waals surface area contributed by atoms with Crippen LogP contribution >= 0.6 is 0 Å². The molecule has 0 aromatic carbocycles. The maximum absolute atomic E-state index is 8.14. The van der Waals surface area contributed by atoms with E-state index in [9.17, 15) is 0 Å². The molecule has 0 aliphatic heterocycles. The van der Waals surface area contributed by atoms with Crippen LogP contribution in [0.1, 0.15) is 20.8 Å². The van der Waals surface area contributed by atoms with Crippen molar-refractivity contribution in [1.29, 1.82) is 0 Å². The summed E-state index contributed by atoms with van der Waals surface area (Å²) in [5.74, 6) is 0. The van der Waals surface area contributed by atoms with Crippen LogP contribution in [-0.4, -0.2) is 55.5 Å². The summed E-state index contributed by atoms with van der Waals surface area (Å²) in [6.45, 7) is 4.67. The molecule has 6 nitrogen and oxygen atoms in total. The Bertz CT molecular complexity index is 81.0. The monoisotopic (exact) mass is 369 g/mol. The topological polar surface area (TPSA) is 88.4 Å². The summed E-state index contributed by atoms with van der Waals surface area (Å²) in [7, 11) is 4.35. The van der Waals surface area contributed by atoms with Gasteiger partial charge in [0.1, 0.15) is 0 Å². The first-order chi connectivity index (χ1) is 6.81. The molecule has 0 fully saturated rings. The number of aliphatic hydroxyl groups excluding tert-OH is 3. The van der Waals surface area contributed by atoms with Gasteiger partial charge in [-0.05, 0) is 20.8 Å². The fourth-order valence-corrected chi connectivity index (χ4v) is 0. The second-order valence-corrected chi connectivity index (χ2v) is 2.51. The Kier molecular flexibility index (Phi) is 34.6. The van der Waals surface area contributed by atoms with Gasteiger partial charge >= 0.3 is 0 Å². The van der Waals surface area contributed by atoms with Crippen LogP contribution in [-0.2, 0) is 14.2 Å². The van der Waals surface area contributed by atoms with E-state index >= 15 is 0 Å². The third kappa shape index (κ3) is 59.4. The van der Waals surface area contributed by atoms with Crippen LogP contribution in [0, 0.1) is 41.3 Å². The van der Waals surface area contributed by atoms with E-state index in [0.29, 0.717) is 0 Å². The molecular formula is C9H24O6Pr. The van der Waals surface area contributed by atoms with Crippen molar-refractivity contribution < 1.29 is 70.8 Å². The summed E-state index contributed by atoms with van der Waals surface area (Å²) in [5.41, 5.74) is 0. The Morgan fingerprint density at radius 3 is 0.688 bits per heavy atom. The molecule has 0 heterocycles. The summed E-state index contributed by atoms with van der Waals surface area (Å²) >= 11 is 0. The SMILES string of the molecule is COC(C)O.COC(C)O.COC(C)O.[Pr]. The van der Waals surface area contributed by atoms with E-state index in [1.54, 1.807) is 20.8 Å². The maximum atomic E-state index is 8.14. The quantitative estimate of drug-likeness (QED) is 0.603. The van der Waals surface area contributed by atoms with E-state index in [-0.39, 0.29) is 41.3 Å². The summed E-state index contributed by atoms with van der Waals surface area (Å²) in [5, 5.41) is 24.4. The fraction of sp³-hybridized carbons (Fsp3) is 1.00. The molecule has 0 rings (SSSR count). The molecule has 3 unspecified atom stereocenters. The van der Waals surface area contributed by atoms with Gasteiger partial charge < -0.3 is 29.5 Å². The Morgan fingerprint density at radius 2 is 0.688 bits per heavy atom. The third-order valence-electron chi connectivity index (χ3n) is 1.02. The van der Waals surface area contributed by atoms with E-state index in [4.69, 9.17) is 15.3 Å². The Balaban J connectivity index is -0.0000000655. The van der Waals surface area contributed by atoms with Crippen molar-refractivity contribution in [2.75, 3.05) is 21.3 Å². The molecule has 0 aliphatic carbocycles. The number of hydrogen-bond donors (Lipinski definition) is 3. The molecule has 0 amide bonds. The van der Waals surface area contributed by atoms with Crippen LogP contribution in [0.3, 0.4) is 0 Å². The summed E-state index contributed by atoms with van der Waals surface area (Å²) in [4.78, 5) is 0. The van der Waals surface area contributed by atoms with Crippen molar-refractivity contribution in [3.05, 3.63) is 0 Å². The number of ether oxygens (including phenoxy) is 3. The van der Waals surface area contributed by atoms with Crippen molar-refractivity contribution in [2.24, 2.45) is 0 Å². The van der Waals surface area contributed by atoms with E-state index in [0.717, 1.165) is 0 Å². The number of hydrogen-bond acceptors (Lipinski definition) is 6. The average Bonchev–Trinajstić information content (AvgIpc) is 2.19. The molecule has 1 radical (unpaired) electrons. The minimum absolute atomic E-state index is 0. The van der Waals surface area contributed by atoms with E-state index < -0.39 is 18.9 Å². The minimum atomic E-state index is -0.616. The zero-order chi connectivity index (χ0) is 12.9. The predicted molar refractivity (Wildman–Crippen MR) is 56.1 cm³/mol. The number of methoxy groups -OCH3 is 3. The molecule has 0 spiro atoms.